The summed E-state index contributed by atoms with van der Waals surface area (Å²) < 4.78 is 16.1. The molecule has 0 aromatic heterocycles. The normalized spacial score (nSPS) is 13.9. The molecule has 1 saturated heterocycles. The minimum absolute atomic E-state index is 0.157. The van der Waals surface area contributed by atoms with Crippen LogP contribution in [-0.4, -0.2) is 58.3 Å². The van der Waals surface area contributed by atoms with Crippen LogP contribution < -0.4 is 19.1 Å². The third kappa shape index (κ3) is 5.07. The monoisotopic (exact) mass is 418 g/mol. The smallest absolute Gasteiger partial charge is 0.223 e. The summed E-state index contributed by atoms with van der Waals surface area (Å²) in [5.74, 6) is 1.92. The predicted octanol–water partition coefficient (Wildman–Crippen LogP) is 3.65. The molecule has 0 spiro atoms. The zero-order chi connectivity index (χ0) is 20.8. The van der Waals surface area contributed by atoms with Gasteiger partial charge in [0.15, 0.2) is 11.5 Å². The number of nitrogens with zero attached hydrogens (tertiary/aromatic N) is 2. The molecular weight excluding hydrogens is 392 g/mol. The van der Waals surface area contributed by atoms with E-state index in [1.54, 1.807) is 21.3 Å². The second-order valence-corrected chi connectivity index (χ2v) is 7.32. The van der Waals surface area contributed by atoms with Gasteiger partial charge in [-0.1, -0.05) is 17.7 Å². The molecule has 1 heterocycles. The summed E-state index contributed by atoms with van der Waals surface area (Å²) in [7, 11) is 4.75. The Kier molecular flexibility index (Phi) is 7.09. The van der Waals surface area contributed by atoms with Gasteiger partial charge in [-0.15, -0.1) is 0 Å². The van der Waals surface area contributed by atoms with Crippen molar-refractivity contribution in [1.82, 2.24) is 4.90 Å². The van der Waals surface area contributed by atoms with Gasteiger partial charge >= 0.3 is 0 Å². The fourth-order valence-corrected chi connectivity index (χ4v) is 3.76. The van der Waals surface area contributed by atoms with Gasteiger partial charge in [-0.25, -0.2) is 0 Å². The molecule has 2 aromatic carbocycles. The van der Waals surface area contributed by atoms with Crippen molar-refractivity contribution >= 4 is 23.2 Å². The molecule has 0 aliphatic carbocycles. The second-order valence-electron chi connectivity index (χ2n) is 6.88. The zero-order valence-corrected chi connectivity index (χ0v) is 17.9. The van der Waals surface area contributed by atoms with E-state index in [1.807, 2.05) is 41.3 Å². The van der Waals surface area contributed by atoms with Gasteiger partial charge < -0.3 is 24.0 Å². The number of methoxy groups -OCH3 is 3. The Balaban J connectivity index is 1.56. The zero-order valence-electron chi connectivity index (χ0n) is 17.1. The van der Waals surface area contributed by atoms with Crippen molar-refractivity contribution in [2.45, 2.75) is 12.8 Å². The van der Waals surface area contributed by atoms with E-state index < -0.39 is 0 Å². The molecule has 156 valence electrons. The molecule has 1 fully saturated rings. The number of aryl methyl sites for hydroxylation is 1. The van der Waals surface area contributed by atoms with Crippen molar-refractivity contribution in [2.24, 2.45) is 0 Å². The van der Waals surface area contributed by atoms with Crippen molar-refractivity contribution in [3.63, 3.8) is 0 Å². The average molecular weight is 419 g/mol. The van der Waals surface area contributed by atoms with Crippen LogP contribution in [0.15, 0.2) is 36.4 Å². The molecule has 0 radical (unpaired) electrons. The Morgan fingerprint density at radius 1 is 0.966 bits per heavy atom. The van der Waals surface area contributed by atoms with E-state index in [-0.39, 0.29) is 5.91 Å². The van der Waals surface area contributed by atoms with E-state index in [0.29, 0.717) is 43.2 Å². The third-order valence-corrected chi connectivity index (χ3v) is 5.39. The summed E-state index contributed by atoms with van der Waals surface area (Å²) in [6, 6.07) is 11.6. The van der Waals surface area contributed by atoms with Crippen LogP contribution in [0.4, 0.5) is 5.69 Å². The average Bonchev–Trinajstić information content (AvgIpc) is 2.76. The van der Waals surface area contributed by atoms with E-state index in [0.717, 1.165) is 29.4 Å². The van der Waals surface area contributed by atoms with E-state index >= 15 is 0 Å². The SMILES string of the molecule is COc1cc(CCC(=O)N2CCN(c3cccc(Cl)c3)CC2)cc(OC)c1OC. The number of carbonyl (C=O) groups is 1. The van der Waals surface area contributed by atoms with Crippen LogP contribution in [-0.2, 0) is 11.2 Å². The van der Waals surface area contributed by atoms with Gasteiger partial charge in [-0.05, 0) is 42.3 Å². The lowest BCUT2D eigenvalue weighted by Gasteiger charge is -2.36. The Morgan fingerprint density at radius 3 is 2.17 bits per heavy atom. The van der Waals surface area contributed by atoms with Crippen LogP contribution >= 0.6 is 11.6 Å². The number of ether oxygens (including phenoxy) is 3. The van der Waals surface area contributed by atoms with E-state index in [1.165, 1.54) is 0 Å². The lowest BCUT2D eigenvalue weighted by Crippen LogP contribution is -2.48. The number of halogens is 1. The Bertz CT molecular complexity index is 825. The molecule has 0 atom stereocenters. The fourth-order valence-electron chi connectivity index (χ4n) is 3.58. The fraction of sp³-hybridized carbons (Fsp3) is 0.409. The first kappa shape index (κ1) is 21.1. The van der Waals surface area contributed by atoms with E-state index in [9.17, 15) is 4.79 Å². The Labute approximate surface area is 176 Å². The van der Waals surface area contributed by atoms with Crippen LogP contribution in [0.25, 0.3) is 0 Å². The molecule has 3 rings (SSSR count). The van der Waals surface area contributed by atoms with Gasteiger partial charge in [0.05, 0.1) is 21.3 Å². The molecule has 0 unspecified atom stereocenters. The highest BCUT2D eigenvalue weighted by atomic mass is 35.5. The maximum atomic E-state index is 12.7. The lowest BCUT2D eigenvalue weighted by molar-refractivity contribution is -0.131. The number of benzene rings is 2. The van der Waals surface area contributed by atoms with Gasteiger partial charge in [0.25, 0.3) is 0 Å². The van der Waals surface area contributed by atoms with Crippen LogP contribution in [0, 0.1) is 0 Å². The number of rotatable bonds is 7. The molecule has 6 nitrogen and oxygen atoms in total. The highest BCUT2D eigenvalue weighted by Gasteiger charge is 2.22. The topological polar surface area (TPSA) is 51.2 Å². The quantitative estimate of drug-likeness (QED) is 0.687. The van der Waals surface area contributed by atoms with Crippen molar-refractivity contribution < 1.29 is 19.0 Å². The van der Waals surface area contributed by atoms with Crippen molar-refractivity contribution in [3.05, 3.63) is 47.0 Å². The van der Waals surface area contributed by atoms with Gasteiger partial charge in [-0.3, -0.25) is 4.79 Å². The number of amides is 1. The molecular formula is C22H27ClN2O4. The van der Waals surface area contributed by atoms with Crippen molar-refractivity contribution in [3.8, 4) is 17.2 Å². The number of carbonyl (C=O) groups excluding carboxylic acids is 1. The number of piperazine rings is 1. The third-order valence-electron chi connectivity index (χ3n) is 5.16. The van der Waals surface area contributed by atoms with Gasteiger partial charge in [-0.2, -0.15) is 0 Å². The summed E-state index contributed by atoms with van der Waals surface area (Å²) >= 11 is 6.09. The molecule has 0 N–H and O–H groups in total. The van der Waals surface area contributed by atoms with Crippen LogP contribution in [0.2, 0.25) is 5.02 Å². The predicted molar refractivity (Wildman–Crippen MR) is 115 cm³/mol. The standard InChI is InChI=1S/C22H27ClN2O4/c1-27-19-13-16(14-20(28-2)22(19)29-3)7-8-21(26)25-11-9-24(10-12-25)18-6-4-5-17(23)15-18/h4-6,13-15H,7-12H2,1-3H3. The molecule has 7 heteroatoms. The molecule has 0 bridgehead atoms. The van der Waals surface area contributed by atoms with Gasteiger partial charge in [0, 0.05) is 43.3 Å². The second kappa shape index (κ2) is 9.74. The van der Waals surface area contributed by atoms with Crippen LogP contribution in [0.1, 0.15) is 12.0 Å². The Hall–Kier alpha value is -2.60. The van der Waals surface area contributed by atoms with Gasteiger partial charge in [0.1, 0.15) is 0 Å². The highest BCUT2D eigenvalue weighted by molar-refractivity contribution is 6.30. The minimum Gasteiger partial charge on any atom is -0.493 e. The first-order chi connectivity index (χ1) is 14.0. The summed E-state index contributed by atoms with van der Waals surface area (Å²) in [6.45, 7) is 3.02. The maximum Gasteiger partial charge on any atom is 0.223 e. The molecule has 1 aliphatic rings. The number of hydrogen-bond donors (Lipinski definition) is 0. The van der Waals surface area contributed by atoms with Crippen molar-refractivity contribution in [2.75, 3.05) is 52.4 Å². The first-order valence-corrected chi connectivity index (χ1v) is 10.0. The summed E-state index contributed by atoms with van der Waals surface area (Å²) in [5.41, 5.74) is 2.08. The molecule has 1 amide bonds. The summed E-state index contributed by atoms with van der Waals surface area (Å²) in [4.78, 5) is 16.9. The first-order valence-electron chi connectivity index (χ1n) is 9.63. The lowest BCUT2D eigenvalue weighted by atomic mass is 10.1. The van der Waals surface area contributed by atoms with Crippen LogP contribution in [0.3, 0.4) is 0 Å². The highest BCUT2D eigenvalue weighted by Crippen LogP contribution is 2.38. The maximum absolute atomic E-state index is 12.7. The van der Waals surface area contributed by atoms with Gasteiger partial charge in [0.2, 0.25) is 11.7 Å². The largest absolute Gasteiger partial charge is 0.493 e. The molecule has 29 heavy (non-hydrogen) atoms. The van der Waals surface area contributed by atoms with E-state index in [4.69, 9.17) is 25.8 Å². The molecule has 2 aromatic rings. The Morgan fingerprint density at radius 2 is 1.62 bits per heavy atom. The van der Waals surface area contributed by atoms with Crippen molar-refractivity contribution in [1.29, 1.82) is 0 Å². The summed E-state index contributed by atoms with van der Waals surface area (Å²) in [6.07, 6.45) is 1.06. The minimum atomic E-state index is 0.157. The van der Waals surface area contributed by atoms with E-state index in [2.05, 4.69) is 4.90 Å². The number of hydrogen-bond acceptors (Lipinski definition) is 5. The molecule has 0 saturated carbocycles. The summed E-state index contributed by atoms with van der Waals surface area (Å²) in [5, 5.41) is 0.728. The molecule has 1 aliphatic heterocycles. The number of anilines is 1. The van der Waals surface area contributed by atoms with Crippen LogP contribution in [0.5, 0.6) is 17.2 Å².